The van der Waals surface area contributed by atoms with Gasteiger partial charge >= 0.3 is 6.18 Å². The molecule has 32 heavy (non-hydrogen) atoms. The third-order valence-electron chi connectivity index (χ3n) is 5.54. The van der Waals surface area contributed by atoms with Crippen LogP contribution in [0.5, 0.6) is 0 Å². The number of nitrogens with one attached hydrogen (secondary N) is 1. The van der Waals surface area contributed by atoms with Gasteiger partial charge in [0.15, 0.2) is 5.82 Å². The van der Waals surface area contributed by atoms with Crippen LogP contribution >= 0.6 is 0 Å². The maximum Gasteiger partial charge on any atom is 0.416 e. The van der Waals surface area contributed by atoms with E-state index in [4.69, 9.17) is 10.5 Å². The molecular weight excluding hydrogens is 425 g/mol. The summed E-state index contributed by atoms with van der Waals surface area (Å²) in [6, 6.07) is 4.64. The molecule has 1 aliphatic heterocycles. The molecular formula is C21H23F3N6O2. The number of benzene rings is 1. The van der Waals surface area contributed by atoms with E-state index < -0.39 is 17.8 Å². The molecule has 0 amide bonds. The second kappa shape index (κ2) is 8.30. The number of pyridine rings is 1. The number of nitrogens with two attached hydrogens (primary N) is 1. The molecule has 1 saturated heterocycles. The molecule has 0 saturated carbocycles. The van der Waals surface area contributed by atoms with E-state index in [1.54, 1.807) is 20.0 Å². The van der Waals surface area contributed by atoms with Gasteiger partial charge in [-0.25, -0.2) is 0 Å². The number of aryl methyl sites for hydroxylation is 1. The second-order valence-electron chi connectivity index (χ2n) is 7.74. The van der Waals surface area contributed by atoms with Crippen LogP contribution in [0.25, 0.3) is 10.9 Å². The molecule has 0 aliphatic carbocycles. The van der Waals surface area contributed by atoms with Gasteiger partial charge in [0.2, 0.25) is 0 Å². The van der Waals surface area contributed by atoms with Crippen LogP contribution in [-0.2, 0) is 18.0 Å². The van der Waals surface area contributed by atoms with E-state index in [-0.39, 0.29) is 11.2 Å². The van der Waals surface area contributed by atoms with Gasteiger partial charge in [-0.3, -0.25) is 4.79 Å². The molecule has 1 atom stereocenters. The molecule has 3 N–H and O–H groups in total. The molecule has 1 aromatic carbocycles. The lowest BCUT2D eigenvalue weighted by atomic mass is 10.0. The van der Waals surface area contributed by atoms with E-state index in [1.165, 1.54) is 16.8 Å². The highest BCUT2D eigenvalue weighted by atomic mass is 19.4. The minimum Gasteiger partial charge on any atom is -0.399 e. The number of nitrogens with zero attached hydrogens (tertiary/aromatic N) is 4. The Bertz CT molecular complexity index is 1200. The molecule has 0 bridgehead atoms. The Morgan fingerprint density at radius 3 is 2.59 bits per heavy atom. The first-order chi connectivity index (χ1) is 15.1. The minimum absolute atomic E-state index is 0.0180. The molecule has 3 heterocycles. The minimum atomic E-state index is -4.51. The topological polar surface area (TPSA) is 98.3 Å². The average molecular weight is 448 g/mol. The van der Waals surface area contributed by atoms with E-state index in [2.05, 4.69) is 15.5 Å². The fourth-order valence-electron chi connectivity index (χ4n) is 3.79. The number of hydrogen-bond acceptors (Lipinski definition) is 7. The Kier molecular flexibility index (Phi) is 5.68. The number of ether oxygens (including phenoxy) is 1. The second-order valence-corrected chi connectivity index (χ2v) is 7.74. The summed E-state index contributed by atoms with van der Waals surface area (Å²) in [6.45, 7) is 3.92. The van der Waals surface area contributed by atoms with Gasteiger partial charge in [0.05, 0.1) is 36.5 Å². The van der Waals surface area contributed by atoms with Gasteiger partial charge in [0.25, 0.3) is 5.56 Å². The lowest BCUT2D eigenvalue weighted by Gasteiger charge is -2.29. The molecule has 4 rings (SSSR count). The Labute approximate surface area is 181 Å². The van der Waals surface area contributed by atoms with Gasteiger partial charge in [-0.15, -0.1) is 5.10 Å². The molecule has 170 valence electrons. The van der Waals surface area contributed by atoms with E-state index in [9.17, 15) is 18.0 Å². The van der Waals surface area contributed by atoms with Crippen molar-refractivity contribution in [2.24, 2.45) is 7.05 Å². The van der Waals surface area contributed by atoms with Gasteiger partial charge in [0, 0.05) is 31.2 Å². The van der Waals surface area contributed by atoms with Crippen LogP contribution < -0.4 is 21.5 Å². The van der Waals surface area contributed by atoms with Crippen molar-refractivity contribution in [1.82, 2.24) is 14.8 Å². The first kappa shape index (κ1) is 21.9. The molecule has 1 aliphatic rings. The summed E-state index contributed by atoms with van der Waals surface area (Å²) in [4.78, 5) is 14.8. The molecule has 2 aromatic heterocycles. The molecule has 8 nitrogen and oxygen atoms in total. The summed E-state index contributed by atoms with van der Waals surface area (Å²) < 4.78 is 46.5. The number of halogens is 3. The van der Waals surface area contributed by atoms with Gasteiger partial charge in [-0.1, -0.05) is 0 Å². The average Bonchev–Trinajstić information content (AvgIpc) is 2.76. The summed E-state index contributed by atoms with van der Waals surface area (Å²) in [5.74, 6) is 0.357. The summed E-state index contributed by atoms with van der Waals surface area (Å²) in [5, 5.41) is 11.9. The maximum absolute atomic E-state index is 13.2. The number of alkyl halides is 3. The van der Waals surface area contributed by atoms with Gasteiger partial charge in [0.1, 0.15) is 5.69 Å². The van der Waals surface area contributed by atoms with E-state index in [1.807, 2.05) is 4.90 Å². The first-order valence-electron chi connectivity index (χ1n) is 10.1. The van der Waals surface area contributed by atoms with Crippen LogP contribution in [0.1, 0.15) is 24.1 Å². The molecule has 0 spiro atoms. The number of hydrogen-bond donors (Lipinski definition) is 2. The predicted molar refractivity (Wildman–Crippen MR) is 116 cm³/mol. The summed E-state index contributed by atoms with van der Waals surface area (Å²) in [7, 11) is 1.65. The summed E-state index contributed by atoms with van der Waals surface area (Å²) >= 11 is 0. The summed E-state index contributed by atoms with van der Waals surface area (Å²) in [5.41, 5.74) is 6.16. The zero-order valence-corrected chi connectivity index (χ0v) is 17.6. The predicted octanol–water partition coefficient (Wildman–Crippen LogP) is 2.94. The Balaban J connectivity index is 1.74. The lowest BCUT2D eigenvalue weighted by Crippen LogP contribution is -2.40. The molecule has 11 heteroatoms. The number of nitrogen functional groups attached to an aromatic ring is 1. The number of rotatable bonds is 4. The fourth-order valence-corrected chi connectivity index (χ4v) is 3.79. The van der Waals surface area contributed by atoms with Gasteiger partial charge < -0.3 is 25.3 Å². The normalized spacial score (nSPS) is 15.7. The van der Waals surface area contributed by atoms with E-state index in [0.29, 0.717) is 54.3 Å². The van der Waals surface area contributed by atoms with Crippen LogP contribution in [0.2, 0.25) is 0 Å². The zero-order valence-electron chi connectivity index (χ0n) is 17.6. The summed E-state index contributed by atoms with van der Waals surface area (Å²) in [6.07, 6.45) is -3.02. The van der Waals surface area contributed by atoms with Gasteiger partial charge in [-0.2, -0.15) is 18.3 Å². The van der Waals surface area contributed by atoms with Crippen molar-refractivity contribution in [1.29, 1.82) is 0 Å². The Morgan fingerprint density at radius 2 is 1.91 bits per heavy atom. The maximum atomic E-state index is 13.2. The van der Waals surface area contributed by atoms with E-state index in [0.717, 1.165) is 12.1 Å². The zero-order chi connectivity index (χ0) is 23.0. The standard InChI is InChI=1S/C21H23F3N6O2/c1-12(13-7-14(21(22,23)24)9-15(25)8-13)27-19-16-10-17(30-3-5-32-6-4-30)20(31)29(2)18(16)11-26-28-19/h7-12H,3-6,25H2,1-2H3,(H,27,28)/t12-/m1/s1. The lowest BCUT2D eigenvalue weighted by molar-refractivity contribution is -0.137. The van der Waals surface area contributed by atoms with Crippen molar-refractivity contribution < 1.29 is 17.9 Å². The highest BCUT2D eigenvalue weighted by molar-refractivity contribution is 5.91. The molecule has 3 aromatic rings. The smallest absolute Gasteiger partial charge is 0.399 e. The number of morpholine rings is 1. The SMILES string of the molecule is C[C@@H](Nc1nncc2c1cc(N1CCOCC1)c(=O)n2C)c1cc(N)cc(C(F)(F)F)c1. The fraction of sp³-hybridized carbons (Fsp3) is 0.381. The van der Waals surface area contributed by atoms with Crippen molar-refractivity contribution in [3.05, 3.63) is 51.9 Å². The Morgan fingerprint density at radius 1 is 1.19 bits per heavy atom. The monoisotopic (exact) mass is 448 g/mol. The highest BCUT2D eigenvalue weighted by Gasteiger charge is 2.31. The van der Waals surface area contributed by atoms with Crippen molar-refractivity contribution in [3.63, 3.8) is 0 Å². The van der Waals surface area contributed by atoms with Crippen LogP contribution in [0.4, 0.5) is 30.4 Å². The van der Waals surface area contributed by atoms with Crippen molar-refractivity contribution in [2.75, 3.05) is 42.3 Å². The third kappa shape index (κ3) is 4.20. The highest BCUT2D eigenvalue weighted by Crippen LogP contribution is 2.34. The molecule has 0 radical (unpaired) electrons. The van der Waals surface area contributed by atoms with Crippen LogP contribution in [0, 0.1) is 0 Å². The van der Waals surface area contributed by atoms with Crippen LogP contribution in [-0.4, -0.2) is 41.1 Å². The molecule has 1 fully saturated rings. The van der Waals surface area contributed by atoms with Crippen LogP contribution in [0.15, 0.2) is 35.3 Å². The Hall–Kier alpha value is -3.34. The van der Waals surface area contributed by atoms with Crippen molar-refractivity contribution >= 4 is 28.1 Å². The molecule has 0 unspecified atom stereocenters. The van der Waals surface area contributed by atoms with E-state index >= 15 is 0 Å². The third-order valence-corrected chi connectivity index (χ3v) is 5.54. The number of anilines is 3. The first-order valence-corrected chi connectivity index (χ1v) is 10.1. The largest absolute Gasteiger partial charge is 0.416 e. The van der Waals surface area contributed by atoms with Gasteiger partial charge in [-0.05, 0) is 36.8 Å². The number of aromatic nitrogens is 3. The van der Waals surface area contributed by atoms with Crippen molar-refractivity contribution in [3.8, 4) is 0 Å². The van der Waals surface area contributed by atoms with Crippen molar-refractivity contribution in [2.45, 2.75) is 19.1 Å². The number of fused-ring (bicyclic) bond motifs is 1. The van der Waals surface area contributed by atoms with Crippen LogP contribution in [0.3, 0.4) is 0 Å². The quantitative estimate of drug-likeness (QED) is 0.592.